The summed E-state index contributed by atoms with van der Waals surface area (Å²) in [5, 5.41) is 8.95. The molecule has 1 aliphatic heterocycles. The van der Waals surface area contributed by atoms with E-state index in [1.54, 1.807) is 11.3 Å². The van der Waals surface area contributed by atoms with Gasteiger partial charge in [0, 0.05) is 24.4 Å². The van der Waals surface area contributed by atoms with Crippen LogP contribution in [0.25, 0.3) is 0 Å². The molecule has 1 aromatic heterocycles. The predicted molar refractivity (Wildman–Crippen MR) is 129 cm³/mol. The lowest BCUT2D eigenvalue weighted by Crippen LogP contribution is -2.39. The van der Waals surface area contributed by atoms with E-state index in [0.29, 0.717) is 6.04 Å². The molecule has 1 unspecified atom stereocenters. The molecule has 0 saturated heterocycles. The summed E-state index contributed by atoms with van der Waals surface area (Å²) in [6, 6.07) is 11.1. The van der Waals surface area contributed by atoms with E-state index in [-0.39, 0.29) is 24.0 Å². The van der Waals surface area contributed by atoms with Crippen LogP contribution in [0.5, 0.6) is 5.75 Å². The number of hydrogen-bond acceptors (Lipinski definition) is 4. The number of hydrogen-bond donors (Lipinski definition) is 2. The van der Waals surface area contributed by atoms with E-state index in [4.69, 9.17) is 9.73 Å². The smallest absolute Gasteiger partial charge is 0.191 e. The van der Waals surface area contributed by atoms with E-state index < -0.39 is 0 Å². The lowest BCUT2D eigenvalue weighted by molar-refractivity contribution is 0.310. The zero-order valence-corrected chi connectivity index (χ0v) is 20.1. The largest absolute Gasteiger partial charge is 0.493 e. The zero-order valence-electron chi connectivity index (χ0n) is 16.9. The third-order valence-corrected chi connectivity index (χ3v) is 5.70. The van der Waals surface area contributed by atoms with Crippen molar-refractivity contribution in [1.29, 1.82) is 0 Å². The number of likely N-dealkylation sites (N-methyl/N-ethyl adjacent to an activating group) is 1. The fraction of sp³-hybridized carbons (Fsp3) is 0.476. The van der Waals surface area contributed by atoms with Crippen LogP contribution in [0, 0.1) is 0 Å². The molecule has 154 valence electrons. The van der Waals surface area contributed by atoms with Gasteiger partial charge in [0.15, 0.2) is 5.96 Å². The van der Waals surface area contributed by atoms with Crippen LogP contribution in [0.2, 0.25) is 0 Å². The third-order valence-electron chi connectivity index (χ3n) is 4.72. The number of guanidine groups is 1. The first kappa shape index (κ1) is 23.0. The number of nitrogens with one attached hydrogen (secondary N) is 2. The molecule has 28 heavy (non-hydrogen) atoms. The van der Waals surface area contributed by atoms with Gasteiger partial charge in [-0.15, -0.1) is 35.3 Å². The molecule has 0 amide bonds. The summed E-state index contributed by atoms with van der Waals surface area (Å²) in [5.41, 5.74) is 2.67. The van der Waals surface area contributed by atoms with Gasteiger partial charge in [0.1, 0.15) is 5.75 Å². The van der Waals surface area contributed by atoms with Crippen molar-refractivity contribution in [2.75, 3.05) is 40.3 Å². The first-order valence-electron chi connectivity index (χ1n) is 9.64. The minimum absolute atomic E-state index is 0. The maximum Gasteiger partial charge on any atom is 0.191 e. The Hall–Kier alpha value is -1.32. The molecule has 0 fully saturated rings. The Morgan fingerprint density at radius 3 is 2.86 bits per heavy atom. The number of benzene rings is 1. The van der Waals surface area contributed by atoms with Gasteiger partial charge in [0.05, 0.1) is 19.2 Å². The maximum atomic E-state index is 5.58. The first-order valence-corrected chi connectivity index (χ1v) is 10.5. The highest BCUT2D eigenvalue weighted by Crippen LogP contribution is 2.26. The summed E-state index contributed by atoms with van der Waals surface area (Å²) in [6.07, 6.45) is 2.00. The van der Waals surface area contributed by atoms with Crippen molar-refractivity contribution in [2.24, 2.45) is 4.99 Å². The van der Waals surface area contributed by atoms with Gasteiger partial charge in [-0.3, -0.25) is 4.99 Å². The number of ether oxygens (including phenoxy) is 1. The van der Waals surface area contributed by atoms with Gasteiger partial charge in [0.2, 0.25) is 0 Å². The Morgan fingerprint density at radius 2 is 2.14 bits per heavy atom. The maximum absolute atomic E-state index is 5.58. The second-order valence-electron chi connectivity index (χ2n) is 6.93. The molecule has 1 aliphatic rings. The first-order chi connectivity index (χ1) is 13.2. The molecule has 2 heterocycles. The van der Waals surface area contributed by atoms with Gasteiger partial charge in [-0.2, -0.15) is 0 Å². The van der Waals surface area contributed by atoms with E-state index in [2.05, 4.69) is 72.3 Å². The van der Waals surface area contributed by atoms with Crippen LogP contribution in [0.15, 0.2) is 40.7 Å². The summed E-state index contributed by atoms with van der Waals surface area (Å²) in [5.74, 6) is 1.93. The number of fused-ring (bicyclic) bond motifs is 1. The van der Waals surface area contributed by atoms with Crippen LogP contribution in [0.4, 0.5) is 0 Å². The van der Waals surface area contributed by atoms with Gasteiger partial charge in [-0.1, -0.05) is 18.2 Å². The molecule has 0 saturated carbocycles. The van der Waals surface area contributed by atoms with Crippen molar-refractivity contribution in [3.63, 3.8) is 0 Å². The molecule has 1 aromatic carbocycles. The minimum atomic E-state index is 0. The fourth-order valence-corrected chi connectivity index (χ4v) is 4.14. The van der Waals surface area contributed by atoms with Crippen LogP contribution in [-0.4, -0.2) is 51.2 Å². The quantitative estimate of drug-likeness (QED) is 0.321. The highest BCUT2D eigenvalue weighted by atomic mass is 127. The SMILES string of the molecule is CCNC(=NCC(c1cccs1)N(C)C)NCCc1ccc2c(c1)CCO2.I. The average molecular weight is 514 g/mol. The molecule has 0 aliphatic carbocycles. The summed E-state index contributed by atoms with van der Waals surface area (Å²) >= 11 is 1.79. The second-order valence-corrected chi connectivity index (χ2v) is 7.91. The summed E-state index contributed by atoms with van der Waals surface area (Å²) in [4.78, 5) is 8.39. The molecule has 2 N–H and O–H groups in total. The molecule has 0 bridgehead atoms. The molecular formula is C21H31IN4OS. The normalized spacial score (nSPS) is 14.2. The lowest BCUT2D eigenvalue weighted by Gasteiger charge is -2.22. The fourth-order valence-electron chi connectivity index (χ4n) is 3.23. The molecule has 0 spiro atoms. The Labute approximate surface area is 189 Å². The van der Waals surface area contributed by atoms with Crippen molar-refractivity contribution in [2.45, 2.75) is 25.8 Å². The van der Waals surface area contributed by atoms with Crippen LogP contribution in [0.1, 0.15) is 29.0 Å². The number of thiophene rings is 1. The van der Waals surface area contributed by atoms with E-state index in [1.165, 1.54) is 16.0 Å². The summed E-state index contributed by atoms with van der Waals surface area (Å²) in [7, 11) is 4.22. The third kappa shape index (κ3) is 6.35. The molecule has 2 aromatic rings. The summed E-state index contributed by atoms with van der Waals surface area (Å²) < 4.78 is 5.58. The van der Waals surface area contributed by atoms with Crippen molar-refractivity contribution < 1.29 is 4.74 Å². The Bertz CT molecular complexity index is 749. The molecule has 1 atom stereocenters. The second kappa shape index (κ2) is 11.6. The van der Waals surface area contributed by atoms with Crippen molar-refractivity contribution >= 4 is 41.3 Å². The Kier molecular flexibility index (Phi) is 9.53. The number of halogens is 1. The minimum Gasteiger partial charge on any atom is -0.493 e. The van der Waals surface area contributed by atoms with Gasteiger partial charge < -0.3 is 20.3 Å². The van der Waals surface area contributed by atoms with E-state index in [1.807, 2.05) is 0 Å². The van der Waals surface area contributed by atoms with E-state index in [0.717, 1.165) is 50.8 Å². The van der Waals surface area contributed by atoms with Crippen molar-refractivity contribution in [1.82, 2.24) is 15.5 Å². The zero-order chi connectivity index (χ0) is 19.1. The van der Waals surface area contributed by atoms with Gasteiger partial charge in [0.25, 0.3) is 0 Å². The molecular weight excluding hydrogens is 483 g/mol. The number of nitrogens with zero attached hydrogens (tertiary/aromatic N) is 2. The standard InChI is InChI=1S/C21H30N4OS.HI/c1-4-22-21(24-15-18(25(2)3)20-6-5-13-27-20)23-11-9-16-7-8-19-17(14-16)10-12-26-19;/h5-8,13-14,18H,4,9-12,15H2,1-3H3,(H2,22,23,24);1H. The highest BCUT2D eigenvalue weighted by Gasteiger charge is 2.15. The Morgan fingerprint density at radius 1 is 1.29 bits per heavy atom. The van der Waals surface area contributed by atoms with Gasteiger partial charge in [-0.25, -0.2) is 0 Å². The van der Waals surface area contributed by atoms with Crippen LogP contribution >= 0.6 is 35.3 Å². The molecule has 5 nitrogen and oxygen atoms in total. The van der Waals surface area contributed by atoms with Crippen LogP contribution in [-0.2, 0) is 12.8 Å². The van der Waals surface area contributed by atoms with Crippen molar-refractivity contribution in [3.8, 4) is 5.75 Å². The van der Waals surface area contributed by atoms with E-state index in [9.17, 15) is 0 Å². The molecule has 7 heteroatoms. The topological polar surface area (TPSA) is 48.9 Å². The van der Waals surface area contributed by atoms with Crippen molar-refractivity contribution in [3.05, 3.63) is 51.7 Å². The lowest BCUT2D eigenvalue weighted by atomic mass is 10.1. The van der Waals surface area contributed by atoms with Crippen LogP contribution < -0.4 is 15.4 Å². The van der Waals surface area contributed by atoms with Gasteiger partial charge in [-0.05, 0) is 56.1 Å². The molecule has 3 rings (SSSR count). The molecule has 0 radical (unpaired) electrons. The highest BCUT2D eigenvalue weighted by molar-refractivity contribution is 14.0. The number of rotatable bonds is 8. The van der Waals surface area contributed by atoms with Crippen LogP contribution in [0.3, 0.4) is 0 Å². The van der Waals surface area contributed by atoms with Gasteiger partial charge >= 0.3 is 0 Å². The number of aliphatic imine (C=N–C) groups is 1. The monoisotopic (exact) mass is 514 g/mol. The summed E-state index contributed by atoms with van der Waals surface area (Å²) in [6.45, 7) is 5.36. The van der Waals surface area contributed by atoms with E-state index >= 15 is 0 Å². The predicted octanol–water partition coefficient (Wildman–Crippen LogP) is 3.70. The average Bonchev–Trinajstić information content (AvgIpc) is 3.33. The Balaban J connectivity index is 0.00000280.